The minimum atomic E-state index is 0.292. The lowest BCUT2D eigenvalue weighted by Crippen LogP contribution is -2.52. The fourth-order valence-electron chi connectivity index (χ4n) is 5.41. The molecule has 0 amide bonds. The van der Waals surface area contributed by atoms with Crippen LogP contribution in [0.25, 0.3) is 0 Å². The quantitative estimate of drug-likeness (QED) is 0.906. The maximum Gasteiger partial charge on any atom is 0.164 e. The Morgan fingerprint density at radius 3 is 2.21 bits per heavy atom. The molecule has 0 saturated heterocycles. The molecule has 4 nitrogen and oxygen atoms in total. The van der Waals surface area contributed by atoms with Gasteiger partial charge in [-0.05, 0) is 56.3 Å². The third kappa shape index (κ3) is 1.69. The Bertz CT molecular complexity index is 455. The summed E-state index contributed by atoms with van der Waals surface area (Å²) in [6, 6.07) is 0. The van der Waals surface area contributed by atoms with E-state index in [-0.39, 0.29) is 0 Å². The Labute approximate surface area is 114 Å². The largest absolute Gasteiger partial charge is 0.324 e. The summed E-state index contributed by atoms with van der Waals surface area (Å²) < 4.78 is 2.31. The summed E-state index contributed by atoms with van der Waals surface area (Å²) in [5.41, 5.74) is 6.03. The number of aromatic nitrogens is 3. The molecular weight excluding hydrogens is 236 g/mol. The summed E-state index contributed by atoms with van der Waals surface area (Å²) >= 11 is 0. The number of hydrogen-bond acceptors (Lipinski definition) is 3. The van der Waals surface area contributed by atoms with E-state index in [2.05, 4.69) is 16.6 Å². The van der Waals surface area contributed by atoms with Crippen LogP contribution in [0.5, 0.6) is 0 Å². The minimum absolute atomic E-state index is 0.292. The van der Waals surface area contributed by atoms with E-state index in [4.69, 9.17) is 10.8 Å². The van der Waals surface area contributed by atoms with E-state index in [0.717, 1.165) is 35.8 Å². The van der Waals surface area contributed by atoms with E-state index in [1.165, 1.54) is 38.5 Å². The molecule has 4 aliphatic carbocycles. The van der Waals surface area contributed by atoms with Crippen molar-refractivity contribution < 1.29 is 0 Å². The predicted molar refractivity (Wildman–Crippen MR) is 73.4 cm³/mol. The van der Waals surface area contributed by atoms with Crippen molar-refractivity contribution in [3.8, 4) is 0 Å². The smallest absolute Gasteiger partial charge is 0.164 e. The molecule has 0 atom stereocenters. The Kier molecular flexibility index (Phi) is 2.53. The molecule has 0 spiro atoms. The van der Waals surface area contributed by atoms with Gasteiger partial charge in [0.15, 0.2) is 5.82 Å². The zero-order chi connectivity index (χ0) is 13.0. The maximum atomic E-state index is 5.74. The molecule has 4 aliphatic rings. The van der Waals surface area contributed by atoms with Gasteiger partial charge in [-0.2, -0.15) is 5.10 Å². The summed E-state index contributed by atoms with van der Waals surface area (Å²) in [5.74, 6) is 4.82. The number of rotatable bonds is 3. The Balaban J connectivity index is 1.76. The van der Waals surface area contributed by atoms with Crippen LogP contribution in [0, 0.1) is 17.8 Å². The molecule has 1 heterocycles. The normalized spacial score (nSPS) is 40.0. The SMILES string of the molecule is CCc1nc(CN)nn1C12CC3CC(CC(C3)C1)C2. The van der Waals surface area contributed by atoms with Gasteiger partial charge in [0.1, 0.15) is 5.82 Å². The molecule has 4 heteroatoms. The lowest BCUT2D eigenvalue weighted by atomic mass is 9.53. The monoisotopic (exact) mass is 260 g/mol. The summed E-state index contributed by atoms with van der Waals surface area (Å²) in [5, 5.41) is 4.77. The van der Waals surface area contributed by atoms with Gasteiger partial charge in [0, 0.05) is 6.42 Å². The molecule has 0 radical (unpaired) electrons. The first-order valence-corrected chi connectivity index (χ1v) is 7.88. The van der Waals surface area contributed by atoms with Gasteiger partial charge in [-0.3, -0.25) is 0 Å². The highest BCUT2D eigenvalue weighted by atomic mass is 15.4. The predicted octanol–water partition coefficient (Wildman–Crippen LogP) is 2.22. The van der Waals surface area contributed by atoms with E-state index < -0.39 is 0 Å². The molecule has 4 saturated carbocycles. The van der Waals surface area contributed by atoms with Crippen molar-refractivity contribution in [2.75, 3.05) is 0 Å². The first kappa shape index (κ1) is 11.9. The van der Waals surface area contributed by atoms with E-state index in [1.54, 1.807) is 0 Å². The molecule has 5 rings (SSSR count). The van der Waals surface area contributed by atoms with Crippen LogP contribution < -0.4 is 5.73 Å². The summed E-state index contributed by atoms with van der Waals surface area (Å²) in [4.78, 5) is 4.63. The molecule has 0 aliphatic heterocycles. The van der Waals surface area contributed by atoms with E-state index in [9.17, 15) is 0 Å². The first-order chi connectivity index (χ1) is 9.22. The molecule has 19 heavy (non-hydrogen) atoms. The van der Waals surface area contributed by atoms with Gasteiger partial charge in [-0.1, -0.05) is 6.92 Å². The zero-order valence-corrected chi connectivity index (χ0v) is 11.8. The second kappa shape index (κ2) is 4.05. The number of hydrogen-bond donors (Lipinski definition) is 1. The topological polar surface area (TPSA) is 56.7 Å². The highest BCUT2D eigenvalue weighted by molar-refractivity contribution is 5.08. The van der Waals surface area contributed by atoms with Gasteiger partial charge in [0.25, 0.3) is 0 Å². The molecule has 0 aromatic carbocycles. The highest BCUT2D eigenvalue weighted by Gasteiger charge is 2.53. The van der Waals surface area contributed by atoms with Crippen LogP contribution >= 0.6 is 0 Å². The Hall–Kier alpha value is -0.900. The van der Waals surface area contributed by atoms with Crippen LogP contribution in [0.4, 0.5) is 0 Å². The average Bonchev–Trinajstić information content (AvgIpc) is 2.81. The maximum absolute atomic E-state index is 5.74. The van der Waals surface area contributed by atoms with Crippen molar-refractivity contribution in [1.82, 2.24) is 14.8 Å². The standard InChI is InChI=1S/C15H24N4/c1-2-14-17-13(9-16)18-19(14)15-6-10-3-11(7-15)5-12(4-10)8-15/h10-12H,2-9,16H2,1H3. The van der Waals surface area contributed by atoms with Gasteiger partial charge in [0.2, 0.25) is 0 Å². The van der Waals surface area contributed by atoms with Crippen molar-refractivity contribution in [1.29, 1.82) is 0 Å². The van der Waals surface area contributed by atoms with Crippen LogP contribution in [0.1, 0.15) is 57.1 Å². The molecular formula is C15H24N4. The van der Waals surface area contributed by atoms with E-state index >= 15 is 0 Å². The molecule has 104 valence electrons. The minimum Gasteiger partial charge on any atom is -0.324 e. The van der Waals surface area contributed by atoms with Crippen LogP contribution in [0.15, 0.2) is 0 Å². The van der Waals surface area contributed by atoms with Crippen molar-refractivity contribution >= 4 is 0 Å². The van der Waals surface area contributed by atoms with Crippen molar-refractivity contribution in [3.05, 3.63) is 11.6 Å². The Morgan fingerprint density at radius 1 is 1.16 bits per heavy atom. The van der Waals surface area contributed by atoms with Crippen molar-refractivity contribution in [2.45, 2.75) is 64.0 Å². The van der Waals surface area contributed by atoms with Gasteiger partial charge in [0.05, 0.1) is 12.1 Å². The highest BCUT2D eigenvalue weighted by Crippen LogP contribution is 2.58. The molecule has 4 bridgehead atoms. The molecule has 4 fully saturated rings. The third-order valence-electron chi connectivity index (χ3n) is 5.67. The van der Waals surface area contributed by atoms with E-state index in [1.807, 2.05) is 0 Å². The fraction of sp³-hybridized carbons (Fsp3) is 0.867. The van der Waals surface area contributed by atoms with E-state index in [0.29, 0.717) is 12.1 Å². The molecule has 0 unspecified atom stereocenters. The molecule has 1 aromatic rings. The zero-order valence-electron chi connectivity index (χ0n) is 11.8. The average molecular weight is 260 g/mol. The van der Waals surface area contributed by atoms with Gasteiger partial charge in [-0.15, -0.1) is 0 Å². The second-order valence-corrected chi connectivity index (χ2v) is 7.06. The van der Waals surface area contributed by atoms with Crippen LogP contribution in [0.2, 0.25) is 0 Å². The van der Waals surface area contributed by atoms with Crippen molar-refractivity contribution in [2.24, 2.45) is 23.5 Å². The molecule has 2 N–H and O–H groups in total. The third-order valence-corrected chi connectivity index (χ3v) is 5.67. The first-order valence-electron chi connectivity index (χ1n) is 7.88. The van der Waals surface area contributed by atoms with Crippen molar-refractivity contribution in [3.63, 3.8) is 0 Å². The fourth-order valence-corrected chi connectivity index (χ4v) is 5.41. The van der Waals surface area contributed by atoms with Crippen LogP contribution in [-0.4, -0.2) is 14.8 Å². The summed E-state index contributed by atoms with van der Waals surface area (Å²) in [7, 11) is 0. The lowest BCUT2D eigenvalue weighted by Gasteiger charge is -2.56. The second-order valence-electron chi connectivity index (χ2n) is 7.06. The summed E-state index contributed by atoms with van der Waals surface area (Å²) in [6.45, 7) is 2.65. The number of nitrogens with two attached hydrogens (primary N) is 1. The lowest BCUT2D eigenvalue weighted by molar-refractivity contribution is -0.0510. The van der Waals surface area contributed by atoms with Gasteiger partial charge in [-0.25, -0.2) is 9.67 Å². The van der Waals surface area contributed by atoms with Crippen LogP contribution in [0.3, 0.4) is 0 Å². The molecule has 1 aromatic heterocycles. The Morgan fingerprint density at radius 2 is 1.74 bits per heavy atom. The number of nitrogens with zero attached hydrogens (tertiary/aromatic N) is 3. The van der Waals surface area contributed by atoms with Crippen LogP contribution in [-0.2, 0) is 18.5 Å². The van der Waals surface area contributed by atoms with Gasteiger partial charge >= 0.3 is 0 Å². The number of aryl methyl sites for hydroxylation is 1. The van der Waals surface area contributed by atoms with Gasteiger partial charge < -0.3 is 5.73 Å². The summed E-state index contributed by atoms with van der Waals surface area (Å²) in [6.07, 6.45) is 9.38.